The van der Waals surface area contributed by atoms with Crippen LogP contribution in [0.15, 0.2) is 41.3 Å². The zero-order valence-electron chi connectivity index (χ0n) is 12.5. The number of amides is 2. The number of rotatable bonds is 4. The Morgan fingerprint density at radius 1 is 1.24 bits per heavy atom. The van der Waals surface area contributed by atoms with E-state index in [9.17, 15) is 24.5 Å². The van der Waals surface area contributed by atoms with Crippen LogP contribution in [0.3, 0.4) is 0 Å². The number of benzene rings is 2. The summed E-state index contributed by atoms with van der Waals surface area (Å²) in [5.41, 5.74) is -0.00680. The third-order valence-corrected chi connectivity index (χ3v) is 4.48. The molecule has 0 atom stereocenters. The molecule has 2 aromatic carbocycles. The van der Waals surface area contributed by atoms with E-state index in [4.69, 9.17) is 5.11 Å². The van der Waals surface area contributed by atoms with Crippen molar-refractivity contribution in [1.29, 1.82) is 0 Å². The summed E-state index contributed by atoms with van der Waals surface area (Å²) in [4.78, 5) is 46.2. The van der Waals surface area contributed by atoms with Crippen LogP contribution in [0.1, 0.15) is 5.56 Å². The summed E-state index contributed by atoms with van der Waals surface area (Å²) in [7, 11) is 0. The number of nitro benzene ring substituents is 1. The Hall–Kier alpha value is -3.20. The molecule has 126 valence electrons. The van der Waals surface area contributed by atoms with Gasteiger partial charge in [0.15, 0.2) is 0 Å². The van der Waals surface area contributed by atoms with Crippen molar-refractivity contribution in [2.45, 2.75) is 0 Å². The van der Waals surface area contributed by atoms with Gasteiger partial charge in [0.2, 0.25) is 0 Å². The molecule has 1 heterocycles. The summed E-state index contributed by atoms with van der Waals surface area (Å²) in [6.07, 6.45) is 1.25. The minimum absolute atomic E-state index is 0.0513. The van der Waals surface area contributed by atoms with Crippen LogP contribution >= 0.6 is 11.8 Å². The number of carbonyl (C=O) groups is 3. The normalized spacial score (nSPS) is 16.0. The van der Waals surface area contributed by atoms with Gasteiger partial charge in [0.1, 0.15) is 6.54 Å². The third-order valence-electron chi connectivity index (χ3n) is 3.57. The van der Waals surface area contributed by atoms with E-state index in [0.717, 1.165) is 0 Å². The van der Waals surface area contributed by atoms with E-state index >= 15 is 0 Å². The number of fused-ring (bicyclic) bond motifs is 1. The second-order valence-electron chi connectivity index (χ2n) is 5.14. The molecular formula is C16H10N2O6S. The fourth-order valence-corrected chi connectivity index (χ4v) is 3.33. The predicted octanol–water partition coefficient (Wildman–Crippen LogP) is 2.87. The first-order chi connectivity index (χ1) is 11.9. The fraction of sp³-hybridized carbons (Fsp3) is 0.0625. The van der Waals surface area contributed by atoms with Gasteiger partial charge in [-0.1, -0.05) is 24.3 Å². The van der Waals surface area contributed by atoms with E-state index in [-0.39, 0.29) is 16.2 Å². The third kappa shape index (κ3) is 3.09. The minimum atomic E-state index is -1.32. The SMILES string of the molecule is O=C(O)CN1C(=O)S/C(=C\c2ccc3ccccc3c2[N+](=O)[O-])C1=O. The Morgan fingerprint density at radius 3 is 2.64 bits per heavy atom. The zero-order chi connectivity index (χ0) is 18.1. The van der Waals surface area contributed by atoms with Gasteiger partial charge in [0.05, 0.1) is 20.8 Å². The lowest BCUT2D eigenvalue weighted by atomic mass is 10.0. The maximum atomic E-state index is 12.2. The molecule has 0 aromatic heterocycles. The fourth-order valence-electron chi connectivity index (χ4n) is 2.51. The zero-order valence-corrected chi connectivity index (χ0v) is 13.4. The van der Waals surface area contributed by atoms with Gasteiger partial charge in [0.25, 0.3) is 16.8 Å². The van der Waals surface area contributed by atoms with E-state index in [1.807, 2.05) is 0 Å². The van der Waals surface area contributed by atoms with Crippen molar-refractivity contribution < 1.29 is 24.4 Å². The lowest BCUT2D eigenvalue weighted by molar-refractivity contribution is -0.383. The lowest BCUT2D eigenvalue weighted by Gasteiger charge is -2.08. The Balaban J connectivity index is 2.09. The molecule has 8 nitrogen and oxygen atoms in total. The molecule has 2 aromatic rings. The van der Waals surface area contributed by atoms with Crippen LogP contribution in [-0.4, -0.2) is 38.6 Å². The van der Waals surface area contributed by atoms with Gasteiger partial charge in [-0.2, -0.15) is 0 Å². The summed E-state index contributed by atoms with van der Waals surface area (Å²) >= 11 is 0.557. The van der Waals surface area contributed by atoms with Crippen molar-refractivity contribution in [2.75, 3.05) is 6.54 Å². The maximum Gasteiger partial charge on any atom is 0.323 e. The van der Waals surface area contributed by atoms with Crippen molar-refractivity contribution in [2.24, 2.45) is 0 Å². The first kappa shape index (κ1) is 16.7. The van der Waals surface area contributed by atoms with Crippen LogP contribution in [0.2, 0.25) is 0 Å². The number of hydrogen-bond donors (Lipinski definition) is 1. The highest BCUT2D eigenvalue weighted by Gasteiger charge is 2.36. The number of carboxylic acids is 1. The van der Waals surface area contributed by atoms with E-state index in [2.05, 4.69) is 0 Å². The highest BCUT2D eigenvalue weighted by atomic mass is 32.2. The van der Waals surface area contributed by atoms with E-state index in [1.54, 1.807) is 30.3 Å². The van der Waals surface area contributed by atoms with Crippen molar-refractivity contribution in [3.8, 4) is 0 Å². The molecule has 3 rings (SSSR count). The number of aliphatic carboxylic acids is 1. The monoisotopic (exact) mass is 358 g/mol. The van der Waals surface area contributed by atoms with Gasteiger partial charge < -0.3 is 5.11 Å². The number of thioether (sulfide) groups is 1. The van der Waals surface area contributed by atoms with Crippen LogP contribution in [-0.2, 0) is 9.59 Å². The molecule has 25 heavy (non-hydrogen) atoms. The Labute approximate surface area is 144 Å². The quantitative estimate of drug-likeness (QED) is 0.507. The Kier molecular flexibility index (Phi) is 4.24. The standard InChI is InChI=1S/C16H10N2O6S/c19-13(20)8-17-15(21)12(25-16(17)22)7-10-6-5-9-3-1-2-4-11(9)14(10)18(23)24/h1-7H,8H2,(H,19,20)/b12-7-. The first-order valence-electron chi connectivity index (χ1n) is 7.02. The van der Waals surface area contributed by atoms with Gasteiger partial charge in [-0.25, -0.2) is 0 Å². The average Bonchev–Trinajstić information content (AvgIpc) is 2.81. The smallest absolute Gasteiger partial charge is 0.323 e. The molecule has 1 aliphatic rings. The second kappa shape index (κ2) is 6.36. The summed E-state index contributed by atoms with van der Waals surface area (Å²) in [5.74, 6) is -2.10. The maximum absolute atomic E-state index is 12.2. The van der Waals surface area contributed by atoms with Gasteiger partial charge in [-0.15, -0.1) is 0 Å². The molecule has 0 unspecified atom stereocenters. The number of nitrogens with zero attached hydrogens (tertiary/aromatic N) is 2. The largest absolute Gasteiger partial charge is 0.480 e. The van der Waals surface area contributed by atoms with E-state index in [0.29, 0.717) is 27.4 Å². The minimum Gasteiger partial charge on any atom is -0.480 e. The molecule has 0 radical (unpaired) electrons. The molecule has 9 heteroatoms. The molecule has 1 saturated heterocycles. The molecule has 1 fully saturated rings. The summed E-state index contributed by atoms with van der Waals surface area (Å²) in [5, 5.41) is 20.6. The molecule has 0 aliphatic carbocycles. The molecule has 0 spiro atoms. The van der Waals surface area contributed by atoms with Crippen molar-refractivity contribution in [1.82, 2.24) is 4.90 Å². The van der Waals surface area contributed by atoms with Gasteiger partial charge in [0, 0.05) is 0 Å². The molecule has 0 saturated carbocycles. The lowest BCUT2D eigenvalue weighted by Crippen LogP contribution is -2.33. The average molecular weight is 358 g/mol. The number of nitro groups is 1. The summed E-state index contributed by atoms with van der Waals surface area (Å²) in [6, 6.07) is 9.91. The van der Waals surface area contributed by atoms with E-state index < -0.39 is 28.6 Å². The molecule has 1 aliphatic heterocycles. The van der Waals surface area contributed by atoms with Crippen LogP contribution in [0.4, 0.5) is 10.5 Å². The highest BCUT2D eigenvalue weighted by Crippen LogP contribution is 2.36. The van der Waals surface area contributed by atoms with Gasteiger partial charge in [-0.05, 0) is 35.4 Å². The van der Waals surface area contributed by atoms with Crippen LogP contribution in [0.25, 0.3) is 16.8 Å². The molecule has 2 amide bonds. The van der Waals surface area contributed by atoms with Crippen LogP contribution < -0.4 is 0 Å². The van der Waals surface area contributed by atoms with Crippen LogP contribution in [0.5, 0.6) is 0 Å². The van der Waals surface area contributed by atoms with Crippen LogP contribution in [0, 0.1) is 10.1 Å². The summed E-state index contributed by atoms with van der Waals surface area (Å²) < 4.78 is 0. The second-order valence-corrected chi connectivity index (χ2v) is 6.14. The molecule has 0 bridgehead atoms. The van der Waals surface area contributed by atoms with Gasteiger partial charge >= 0.3 is 5.97 Å². The Bertz CT molecular complexity index is 968. The number of carboxylic acid groups (broad SMARTS) is 1. The number of hydrogen-bond acceptors (Lipinski definition) is 6. The molecule has 1 N–H and O–H groups in total. The highest BCUT2D eigenvalue weighted by molar-refractivity contribution is 8.18. The molecular weight excluding hydrogens is 348 g/mol. The topological polar surface area (TPSA) is 118 Å². The number of imide groups is 1. The first-order valence-corrected chi connectivity index (χ1v) is 7.83. The van der Waals surface area contributed by atoms with Crippen molar-refractivity contribution >= 4 is 51.4 Å². The van der Waals surface area contributed by atoms with Crippen molar-refractivity contribution in [3.63, 3.8) is 0 Å². The number of carbonyl (C=O) groups excluding carboxylic acids is 2. The van der Waals surface area contributed by atoms with Crippen molar-refractivity contribution in [3.05, 3.63) is 57.0 Å². The Morgan fingerprint density at radius 2 is 1.96 bits per heavy atom. The van der Waals surface area contributed by atoms with Gasteiger partial charge in [-0.3, -0.25) is 29.4 Å². The predicted molar refractivity (Wildman–Crippen MR) is 90.9 cm³/mol. The summed E-state index contributed by atoms with van der Waals surface area (Å²) in [6.45, 7) is -0.748. The van der Waals surface area contributed by atoms with E-state index in [1.165, 1.54) is 12.1 Å².